The minimum absolute atomic E-state index is 0.0480. The summed E-state index contributed by atoms with van der Waals surface area (Å²) in [5.41, 5.74) is 25.1. The number of hydrogen-bond donors (Lipinski definition) is 0. The van der Waals surface area contributed by atoms with Crippen LogP contribution in [0, 0.1) is 0 Å². The van der Waals surface area contributed by atoms with Crippen molar-refractivity contribution in [3.63, 3.8) is 0 Å². The summed E-state index contributed by atoms with van der Waals surface area (Å²) in [4.78, 5) is 2.39. The van der Waals surface area contributed by atoms with Crippen LogP contribution in [0.4, 0.5) is 17.1 Å². The third kappa shape index (κ3) is 6.03. The summed E-state index contributed by atoms with van der Waals surface area (Å²) < 4.78 is 2.39. The zero-order valence-corrected chi connectivity index (χ0v) is 38.8. The summed E-state index contributed by atoms with van der Waals surface area (Å²) in [6.45, 7) is 9.59. The molecule has 0 atom stereocenters. The Labute approximate surface area is 399 Å². The van der Waals surface area contributed by atoms with Crippen LogP contribution in [0.1, 0.15) is 49.9 Å². The Kier molecular flexibility index (Phi) is 8.95. The molecule has 13 rings (SSSR count). The first kappa shape index (κ1) is 40.1. The Hall–Kier alpha value is -8.20. The van der Waals surface area contributed by atoms with Gasteiger partial charge in [0.25, 0.3) is 0 Å². The highest BCUT2D eigenvalue weighted by molar-refractivity contribution is 6.15. The van der Waals surface area contributed by atoms with Gasteiger partial charge in [0.2, 0.25) is 0 Å². The van der Waals surface area contributed by atoms with E-state index in [4.69, 9.17) is 0 Å². The first-order valence-electron chi connectivity index (χ1n) is 23.9. The van der Waals surface area contributed by atoms with E-state index >= 15 is 0 Å². The zero-order valence-electron chi connectivity index (χ0n) is 38.8. The summed E-state index contributed by atoms with van der Waals surface area (Å²) in [7, 11) is 0. The normalized spacial score (nSPS) is 13.8. The molecule has 324 valence electrons. The smallest absolute Gasteiger partial charge is 0.0547 e. The maximum atomic E-state index is 2.51. The average Bonchev–Trinajstić information content (AvgIpc) is 3.94. The molecular formula is C66H50N2. The third-order valence-electron chi connectivity index (χ3n) is 15.2. The van der Waals surface area contributed by atoms with E-state index in [0.29, 0.717) is 0 Å². The predicted molar refractivity (Wildman–Crippen MR) is 287 cm³/mol. The maximum Gasteiger partial charge on any atom is 0.0547 e. The lowest BCUT2D eigenvalue weighted by Gasteiger charge is -2.27. The maximum absolute atomic E-state index is 2.51. The van der Waals surface area contributed by atoms with E-state index in [9.17, 15) is 0 Å². The van der Waals surface area contributed by atoms with Crippen molar-refractivity contribution in [3.05, 3.63) is 253 Å². The van der Waals surface area contributed by atoms with Crippen molar-refractivity contribution >= 4 is 38.9 Å². The van der Waals surface area contributed by atoms with Gasteiger partial charge in [-0.2, -0.15) is 0 Å². The first-order valence-corrected chi connectivity index (χ1v) is 23.9. The monoisotopic (exact) mass is 870 g/mol. The fourth-order valence-electron chi connectivity index (χ4n) is 11.9. The molecule has 68 heavy (non-hydrogen) atoms. The molecule has 2 heteroatoms. The van der Waals surface area contributed by atoms with Crippen molar-refractivity contribution in [1.82, 2.24) is 4.57 Å². The van der Waals surface area contributed by atoms with E-state index in [2.05, 4.69) is 268 Å². The van der Waals surface area contributed by atoms with Crippen molar-refractivity contribution in [2.75, 3.05) is 4.90 Å². The number of nitrogens with zero attached hydrogens (tertiary/aromatic N) is 2. The van der Waals surface area contributed by atoms with Gasteiger partial charge < -0.3 is 9.47 Å². The van der Waals surface area contributed by atoms with E-state index in [0.717, 1.165) is 22.7 Å². The van der Waals surface area contributed by atoms with Crippen molar-refractivity contribution in [2.45, 2.75) is 38.5 Å². The van der Waals surface area contributed by atoms with E-state index in [-0.39, 0.29) is 10.8 Å². The standard InChI is InChI=1S/C66H50N2/c1-65(2)58-26-13-11-21-53(58)56-41-60-57(42-59(56)65)54-25-15-24-52(64(54)66(60,3)4)46-33-39-50(40-34-46)67(48-35-29-44(30-36-48)43-17-7-5-8-18-43)49-37-31-45(32-38-49)51-23-16-28-62-63(51)55-22-12-14-27-61(55)68(62)47-19-9-6-10-20-47/h5-42H,1-4H3. The minimum atomic E-state index is -0.175. The number of benzene rings is 10. The summed E-state index contributed by atoms with van der Waals surface area (Å²) >= 11 is 0. The molecule has 1 aromatic heterocycles. The van der Waals surface area contributed by atoms with Crippen LogP contribution in [0.15, 0.2) is 231 Å². The summed E-state index contributed by atoms with van der Waals surface area (Å²) in [5.74, 6) is 0. The largest absolute Gasteiger partial charge is 0.311 e. The molecule has 0 saturated carbocycles. The molecule has 0 unspecified atom stereocenters. The second-order valence-corrected chi connectivity index (χ2v) is 19.7. The van der Waals surface area contributed by atoms with Gasteiger partial charge in [-0.15, -0.1) is 0 Å². The Balaban J connectivity index is 0.896. The van der Waals surface area contributed by atoms with Crippen LogP contribution < -0.4 is 4.90 Å². The number of hydrogen-bond acceptors (Lipinski definition) is 1. The van der Waals surface area contributed by atoms with Gasteiger partial charge in [0.05, 0.1) is 11.0 Å². The number of para-hydroxylation sites is 2. The van der Waals surface area contributed by atoms with Gasteiger partial charge in [0, 0.05) is 44.4 Å². The van der Waals surface area contributed by atoms with Gasteiger partial charge >= 0.3 is 0 Å². The quantitative estimate of drug-likeness (QED) is 0.155. The highest BCUT2D eigenvalue weighted by atomic mass is 15.1. The molecule has 2 aliphatic rings. The SMILES string of the molecule is CC1(C)c2ccccc2-c2cc3c(cc21)-c1cccc(-c2ccc(N(c4ccc(-c5ccccc5)cc4)c4ccc(-c5cccc6c5c5ccccc5n6-c5ccccc5)cc4)cc2)c1C3(C)C. The van der Waals surface area contributed by atoms with Crippen molar-refractivity contribution < 1.29 is 0 Å². The predicted octanol–water partition coefficient (Wildman–Crippen LogP) is 17.9. The number of anilines is 3. The summed E-state index contributed by atoms with van der Waals surface area (Å²) in [6, 6.07) is 85.2. The Morgan fingerprint density at radius 1 is 0.324 bits per heavy atom. The number of rotatable bonds is 7. The number of aromatic nitrogens is 1. The zero-order chi connectivity index (χ0) is 45.7. The fraction of sp³-hybridized carbons (Fsp3) is 0.0909. The van der Waals surface area contributed by atoms with E-state index < -0.39 is 0 Å². The molecule has 11 aromatic rings. The lowest BCUT2D eigenvalue weighted by atomic mass is 9.77. The van der Waals surface area contributed by atoms with Gasteiger partial charge in [-0.3, -0.25) is 0 Å². The van der Waals surface area contributed by atoms with Crippen LogP contribution in [0.5, 0.6) is 0 Å². The van der Waals surface area contributed by atoms with Gasteiger partial charge in [0.1, 0.15) is 0 Å². The lowest BCUT2D eigenvalue weighted by Crippen LogP contribution is -2.17. The van der Waals surface area contributed by atoms with Crippen LogP contribution in [0.2, 0.25) is 0 Å². The van der Waals surface area contributed by atoms with Crippen LogP contribution in [0.3, 0.4) is 0 Å². The van der Waals surface area contributed by atoms with Gasteiger partial charge in [-0.05, 0) is 151 Å². The van der Waals surface area contributed by atoms with Crippen LogP contribution >= 0.6 is 0 Å². The van der Waals surface area contributed by atoms with E-state index in [1.807, 2.05) is 0 Å². The molecule has 0 amide bonds. The first-order chi connectivity index (χ1) is 33.3. The fourth-order valence-corrected chi connectivity index (χ4v) is 11.9. The summed E-state index contributed by atoms with van der Waals surface area (Å²) in [5, 5.41) is 2.52. The molecule has 2 nitrogen and oxygen atoms in total. The molecular weight excluding hydrogens is 821 g/mol. The second-order valence-electron chi connectivity index (χ2n) is 19.7. The van der Waals surface area contributed by atoms with Crippen LogP contribution in [-0.2, 0) is 10.8 Å². The summed E-state index contributed by atoms with van der Waals surface area (Å²) in [6.07, 6.45) is 0. The number of fused-ring (bicyclic) bond motifs is 9. The topological polar surface area (TPSA) is 8.17 Å². The van der Waals surface area contributed by atoms with Crippen molar-refractivity contribution in [2.24, 2.45) is 0 Å². The van der Waals surface area contributed by atoms with E-state index in [1.54, 1.807) is 0 Å². The van der Waals surface area contributed by atoms with Gasteiger partial charge in [-0.25, -0.2) is 0 Å². The van der Waals surface area contributed by atoms with Gasteiger partial charge in [-0.1, -0.05) is 185 Å². The lowest BCUT2D eigenvalue weighted by molar-refractivity contribution is 0.653. The van der Waals surface area contributed by atoms with Crippen molar-refractivity contribution in [1.29, 1.82) is 0 Å². The Morgan fingerprint density at radius 2 is 0.794 bits per heavy atom. The Morgan fingerprint density at radius 3 is 1.49 bits per heavy atom. The van der Waals surface area contributed by atoms with E-state index in [1.165, 1.54) is 99.7 Å². The molecule has 2 aliphatic carbocycles. The molecule has 0 saturated heterocycles. The molecule has 10 aromatic carbocycles. The Bertz CT molecular complexity index is 3740. The second kappa shape index (κ2) is 15.2. The van der Waals surface area contributed by atoms with Crippen LogP contribution in [-0.4, -0.2) is 4.57 Å². The molecule has 0 spiro atoms. The average molecular weight is 871 g/mol. The molecule has 0 radical (unpaired) electrons. The van der Waals surface area contributed by atoms with Crippen molar-refractivity contribution in [3.8, 4) is 61.3 Å². The molecule has 0 fully saturated rings. The molecule has 0 aliphatic heterocycles. The molecule has 0 N–H and O–H groups in total. The highest BCUT2D eigenvalue weighted by Gasteiger charge is 2.42. The van der Waals surface area contributed by atoms with Crippen LogP contribution in [0.25, 0.3) is 83.1 Å². The van der Waals surface area contributed by atoms with Gasteiger partial charge in [0.15, 0.2) is 0 Å². The molecule has 1 heterocycles. The highest BCUT2D eigenvalue weighted by Crippen LogP contribution is 2.57. The third-order valence-corrected chi connectivity index (χ3v) is 15.2. The minimum Gasteiger partial charge on any atom is -0.311 e. The molecule has 0 bridgehead atoms.